The minimum absolute atomic E-state index is 0.701. The molecular formula is C47H29BN5. The zero-order chi connectivity index (χ0) is 35.1. The third-order valence-corrected chi connectivity index (χ3v) is 9.88. The number of hydrogen-bond acceptors (Lipinski definition) is 5. The fourth-order valence-electron chi connectivity index (χ4n) is 7.27. The number of rotatable bonds is 6. The van der Waals surface area contributed by atoms with Gasteiger partial charge in [-0.1, -0.05) is 158 Å². The van der Waals surface area contributed by atoms with Crippen LogP contribution in [-0.2, 0) is 0 Å². The average molecular weight is 675 g/mol. The summed E-state index contributed by atoms with van der Waals surface area (Å²) >= 11 is 0. The van der Waals surface area contributed by atoms with Crippen LogP contribution in [-0.4, -0.2) is 22.5 Å². The van der Waals surface area contributed by atoms with Crippen LogP contribution in [0.2, 0.25) is 0 Å². The molecule has 0 bridgehead atoms. The summed E-state index contributed by atoms with van der Waals surface area (Å²) in [5, 5.41) is 4.95. The Morgan fingerprint density at radius 2 is 0.887 bits per heavy atom. The van der Waals surface area contributed by atoms with E-state index in [1.165, 1.54) is 0 Å². The van der Waals surface area contributed by atoms with Gasteiger partial charge in [0.15, 0.2) is 5.82 Å². The summed E-state index contributed by atoms with van der Waals surface area (Å²) < 4.78 is 0. The van der Waals surface area contributed by atoms with Gasteiger partial charge >= 0.3 is 7.55 Å². The highest BCUT2D eigenvalue weighted by atomic mass is 14.9. The van der Waals surface area contributed by atoms with E-state index >= 15 is 0 Å². The fourth-order valence-corrected chi connectivity index (χ4v) is 7.27. The maximum atomic E-state index is 5.36. The van der Waals surface area contributed by atoms with E-state index in [1.807, 2.05) is 48.5 Å². The molecule has 6 heteroatoms. The summed E-state index contributed by atoms with van der Waals surface area (Å²) in [5.74, 6) is 0.701. The van der Waals surface area contributed by atoms with Crippen LogP contribution in [0.4, 0.5) is 0 Å². The number of nitrogens with zero attached hydrogens (tertiary/aromatic N) is 5. The predicted molar refractivity (Wildman–Crippen MR) is 216 cm³/mol. The molecule has 9 aromatic rings. The lowest BCUT2D eigenvalue weighted by atomic mass is 9.93. The van der Waals surface area contributed by atoms with E-state index in [2.05, 4.69) is 127 Å². The first-order valence-electron chi connectivity index (χ1n) is 17.7. The summed E-state index contributed by atoms with van der Waals surface area (Å²) in [5.41, 5.74) is 12.0. The molecule has 2 aromatic heterocycles. The normalized spacial score (nSPS) is 11.8. The SMILES string of the molecule is [B]1N=c2c(-c3ccccc3)cc3c(-c4ccccc4)nc4cc(-c5ccc(-c6cc(-c7ccccc7)nc(-c7ccccc7)n6)cc5)ccc4c3c2=N1. The Morgan fingerprint density at radius 3 is 1.55 bits per heavy atom. The molecule has 0 N–H and O–H groups in total. The van der Waals surface area contributed by atoms with Gasteiger partial charge in [0.05, 0.1) is 33.3 Å². The average Bonchev–Trinajstić information content (AvgIpc) is 3.74. The molecule has 0 unspecified atom stereocenters. The van der Waals surface area contributed by atoms with Crippen LogP contribution in [0.15, 0.2) is 186 Å². The number of pyridine rings is 1. The Bertz CT molecular complexity index is 2880. The minimum atomic E-state index is 0.701. The van der Waals surface area contributed by atoms with E-state index in [9.17, 15) is 0 Å². The molecule has 7 aromatic carbocycles. The van der Waals surface area contributed by atoms with Crippen molar-refractivity contribution in [1.82, 2.24) is 15.0 Å². The van der Waals surface area contributed by atoms with Gasteiger partial charge in [0.25, 0.3) is 0 Å². The molecule has 0 amide bonds. The fraction of sp³-hybridized carbons (Fsp3) is 0. The molecule has 53 heavy (non-hydrogen) atoms. The molecule has 0 aliphatic carbocycles. The van der Waals surface area contributed by atoms with Crippen molar-refractivity contribution < 1.29 is 0 Å². The lowest BCUT2D eigenvalue weighted by Crippen LogP contribution is -2.25. The Balaban J connectivity index is 1.10. The Labute approximate surface area is 307 Å². The summed E-state index contributed by atoms with van der Waals surface area (Å²) in [7, 11) is 1.67. The van der Waals surface area contributed by atoms with E-state index in [4.69, 9.17) is 24.8 Å². The Kier molecular flexibility index (Phi) is 7.50. The second-order valence-corrected chi connectivity index (χ2v) is 13.1. The smallest absolute Gasteiger partial charge is 0.314 e. The maximum Gasteiger partial charge on any atom is 0.432 e. The highest BCUT2D eigenvalue weighted by Gasteiger charge is 2.19. The number of fused-ring (bicyclic) bond motifs is 5. The van der Waals surface area contributed by atoms with Crippen LogP contribution in [0.5, 0.6) is 0 Å². The monoisotopic (exact) mass is 674 g/mol. The topological polar surface area (TPSA) is 63.4 Å². The molecule has 0 spiro atoms. The molecule has 5 nitrogen and oxygen atoms in total. The third-order valence-electron chi connectivity index (χ3n) is 9.88. The summed E-state index contributed by atoms with van der Waals surface area (Å²) in [6, 6.07) is 60.7. The zero-order valence-electron chi connectivity index (χ0n) is 28.6. The van der Waals surface area contributed by atoms with Gasteiger partial charge in [-0.25, -0.2) is 15.0 Å². The molecule has 0 atom stereocenters. The molecule has 3 heterocycles. The van der Waals surface area contributed by atoms with Crippen LogP contribution < -0.4 is 10.7 Å². The second-order valence-electron chi connectivity index (χ2n) is 13.1. The van der Waals surface area contributed by atoms with Crippen LogP contribution >= 0.6 is 0 Å². The van der Waals surface area contributed by atoms with Crippen molar-refractivity contribution >= 4 is 29.2 Å². The number of benzene rings is 7. The molecule has 0 fully saturated rings. The van der Waals surface area contributed by atoms with E-state index in [-0.39, 0.29) is 0 Å². The standard InChI is InChI=1S/C47H29BN5/c1-5-13-31(14-6-1)38-28-39-43(46-45(38)52-48-53-46)37-26-25-36(27-42(37)49-44(39)34-17-9-3-10-18-34)30-21-23-33(24-22-30)41-29-40(32-15-7-2-8-16-32)50-47(51-41)35-19-11-4-12-20-35/h1-29H. The first kappa shape index (κ1) is 30.8. The predicted octanol–water partition coefficient (Wildman–Crippen LogP) is 9.97. The van der Waals surface area contributed by atoms with Crippen LogP contribution in [0.25, 0.3) is 89.1 Å². The third kappa shape index (κ3) is 5.58. The lowest BCUT2D eigenvalue weighted by Gasteiger charge is -2.14. The molecule has 1 aliphatic heterocycles. The minimum Gasteiger partial charge on any atom is -0.314 e. The largest absolute Gasteiger partial charge is 0.432 e. The summed E-state index contributed by atoms with van der Waals surface area (Å²) in [6.45, 7) is 0. The molecule has 10 rings (SSSR count). The first-order valence-corrected chi connectivity index (χ1v) is 17.7. The molecule has 0 saturated heterocycles. The van der Waals surface area contributed by atoms with Gasteiger partial charge < -0.3 is 9.81 Å². The van der Waals surface area contributed by atoms with Crippen molar-refractivity contribution in [3.8, 4) is 67.4 Å². The van der Waals surface area contributed by atoms with Crippen LogP contribution in [0.3, 0.4) is 0 Å². The van der Waals surface area contributed by atoms with Crippen LogP contribution in [0.1, 0.15) is 0 Å². The molecule has 0 saturated carbocycles. The number of hydrogen-bond donors (Lipinski definition) is 0. The van der Waals surface area contributed by atoms with Crippen molar-refractivity contribution in [2.45, 2.75) is 0 Å². The maximum absolute atomic E-state index is 5.36. The first-order chi connectivity index (χ1) is 26.3. The summed E-state index contributed by atoms with van der Waals surface area (Å²) in [6.07, 6.45) is 0. The van der Waals surface area contributed by atoms with Gasteiger partial charge in [-0.05, 0) is 34.9 Å². The highest BCUT2D eigenvalue weighted by molar-refractivity contribution is 6.31. The van der Waals surface area contributed by atoms with Gasteiger partial charge in [0.2, 0.25) is 0 Å². The van der Waals surface area contributed by atoms with Crippen molar-refractivity contribution in [2.75, 3.05) is 0 Å². The lowest BCUT2D eigenvalue weighted by molar-refractivity contribution is 1.18. The van der Waals surface area contributed by atoms with Crippen molar-refractivity contribution in [3.63, 3.8) is 0 Å². The molecular weight excluding hydrogens is 645 g/mol. The Morgan fingerprint density at radius 1 is 0.358 bits per heavy atom. The van der Waals surface area contributed by atoms with Crippen LogP contribution in [0, 0.1) is 0 Å². The second kappa shape index (κ2) is 12.9. The molecule has 1 aliphatic rings. The van der Waals surface area contributed by atoms with Gasteiger partial charge in [-0.3, -0.25) is 0 Å². The van der Waals surface area contributed by atoms with Crippen molar-refractivity contribution in [1.29, 1.82) is 0 Å². The van der Waals surface area contributed by atoms with E-state index in [0.29, 0.717) is 5.82 Å². The van der Waals surface area contributed by atoms with E-state index < -0.39 is 0 Å². The van der Waals surface area contributed by atoms with Gasteiger partial charge in [0, 0.05) is 44.0 Å². The summed E-state index contributed by atoms with van der Waals surface area (Å²) in [4.78, 5) is 24.9. The van der Waals surface area contributed by atoms with E-state index in [0.717, 1.165) is 94.0 Å². The van der Waals surface area contributed by atoms with Gasteiger partial charge in [-0.2, -0.15) is 0 Å². The van der Waals surface area contributed by atoms with E-state index in [1.54, 1.807) is 7.55 Å². The van der Waals surface area contributed by atoms with Crippen molar-refractivity contribution in [3.05, 3.63) is 187 Å². The molecule has 245 valence electrons. The quantitative estimate of drug-likeness (QED) is 0.130. The zero-order valence-corrected chi connectivity index (χ0v) is 28.6. The van der Waals surface area contributed by atoms with Gasteiger partial charge in [0.1, 0.15) is 0 Å². The Hall–Kier alpha value is -7.05. The number of aromatic nitrogens is 3. The van der Waals surface area contributed by atoms with Crippen molar-refractivity contribution in [2.24, 2.45) is 9.81 Å². The van der Waals surface area contributed by atoms with Gasteiger partial charge in [-0.15, -0.1) is 0 Å². The highest BCUT2D eigenvalue weighted by Crippen LogP contribution is 2.35. The molecule has 1 radical (unpaired) electrons.